The van der Waals surface area contributed by atoms with Crippen LogP contribution in [0.3, 0.4) is 0 Å². The van der Waals surface area contributed by atoms with Crippen molar-refractivity contribution in [2.24, 2.45) is 0 Å². The van der Waals surface area contributed by atoms with Crippen molar-refractivity contribution in [1.82, 2.24) is 20.2 Å². The number of imidazole rings is 1. The lowest BCUT2D eigenvalue weighted by Crippen LogP contribution is -2.36. The van der Waals surface area contributed by atoms with Crippen LogP contribution in [0, 0.1) is 0 Å². The van der Waals surface area contributed by atoms with E-state index in [2.05, 4.69) is 20.2 Å². The minimum Gasteiger partial charge on any atom is -0.454 e. The molecule has 0 spiro atoms. The van der Waals surface area contributed by atoms with Gasteiger partial charge in [0.15, 0.2) is 11.5 Å². The molecule has 0 radical (unpaired) electrons. The monoisotopic (exact) mass is 328 g/mol. The van der Waals surface area contributed by atoms with Crippen molar-refractivity contribution in [1.29, 1.82) is 0 Å². The van der Waals surface area contributed by atoms with E-state index in [4.69, 9.17) is 9.47 Å². The third-order valence-electron chi connectivity index (χ3n) is 4.22. The predicted octanol–water partition coefficient (Wildman–Crippen LogP) is 1.99. The van der Waals surface area contributed by atoms with E-state index in [1.54, 1.807) is 0 Å². The highest BCUT2D eigenvalue weighted by Gasteiger charge is 2.27. The van der Waals surface area contributed by atoms with Crippen LogP contribution < -0.4 is 20.1 Å². The third kappa shape index (κ3) is 3.29. The molecule has 2 N–H and O–H groups in total. The summed E-state index contributed by atoms with van der Waals surface area (Å²) in [4.78, 5) is 16.3. The Bertz CT molecular complexity index is 739. The van der Waals surface area contributed by atoms with Crippen LogP contribution in [0.5, 0.6) is 11.5 Å². The lowest BCUT2D eigenvalue weighted by molar-refractivity contribution is 0.174. The largest absolute Gasteiger partial charge is 0.454 e. The molecule has 0 unspecified atom stereocenters. The second-order valence-electron chi connectivity index (χ2n) is 6.05. The van der Waals surface area contributed by atoms with E-state index in [0.717, 1.165) is 29.4 Å². The van der Waals surface area contributed by atoms with E-state index in [1.807, 2.05) is 30.6 Å². The molecule has 126 valence electrons. The van der Waals surface area contributed by atoms with Gasteiger partial charge in [0.05, 0.1) is 0 Å². The number of hydrogen-bond acceptors (Lipinski definition) is 4. The minimum atomic E-state index is -0.180. The first-order chi connectivity index (χ1) is 11.8. The van der Waals surface area contributed by atoms with Crippen LogP contribution >= 0.6 is 0 Å². The quantitative estimate of drug-likeness (QED) is 0.850. The van der Waals surface area contributed by atoms with Gasteiger partial charge in [-0.1, -0.05) is 6.07 Å². The highest BCUT2D eigenvalue weighted by Crippen LogP contribution is 2.38. The topological polar surface area (TPSA) is 77.4 Å². The highest BCUT2D eigenvalue weighted by molar-refractivity contribution is 5.73. The zero-order valence-electron chi connectivity index (χ0n) is 13.3. The van der Waals surface area contributed by atoms with Crippen molar-refractivity contribution >= 4 is 6.03 Å². The molecular formula is C17H20N4O3. The van der Waals surface area contributed by atoms with Crippen LogP contribution in [0.15, 0.2) is 30.6 Å². The van der Waals surface area contributed by atoms with E-state index in [1.165, 1.54) is 12.8 Å². The number of amides is 2. The first kappa shape index (κ1) is 14.9. The molecule has 2 heterocycles. The molecule has 0 saturated heterocycles. The molecule has 0 atom stereocenters. The number of rotatable bonds is 6. The summed E-state index contributed by atoms with van der Waals surface area (Å²) in [6.07, 6.45) is 6.24. The Kier molecular flexibility index (Phi) is 3.98. The van der Waals surface area contributed by atoms with Crippen LogP contribution in [-0.4, -0.2) is 28.9 Å². The van der Waals surface area contributed by atoms with Crippen LogP contribution in [-0.2, 0) is 13.1 Å². The first-order valence-electron chi connectivity index (χ1n) is 8.21. The van der Waals surface area contributed by atoms with Crippen LogP contribution in [0.2, 0.25) is 0 Å². The number of carbonyl (C=O) groups is 1. The van der Waals surface area contributed by atoms with Gasteiger partial charge in [0.25, 0.3) is 0 Å². The molecule has 0 bridgehead atoms. The second kappa shape index (κ2) is 6.43. The third-order valence-corrected chi connectivity index (χ3v) is 4.22. The summed E-state index contributed by atoms with van der Waals surface area (Å²) in [6, 6.07) is 5.48. The second-order valence-corrected chi connectivity index (χ2v) is 6.05. The van der Waals surface area contributed by atoms with Gasteiger partial charge in [-0.15, -0.1) is 0 Å². The first-order valence-corrected chi connectivity index (χ1v) is 8.21. The maximum absolute atomic E-state index is 11.9. The molecule has 7 heteroatoms. The number of nitrogens with zero attached hydrogens (tertiary/aromatic N) is 2. The van der Waals surface area contributed by atoms with Crippen molar-refractivity contribution in [2.75, 3.05) is 13.3 Å². The lowest BCUT2D eigenvalue weighted by atomic mass is 10.2. The predicted molar refractivity (Wildman–Crippen MR) is 87.0 cm³/mol. The molecule has 1 aliphatic heterocycles. The van der Waals surface area contributed by atoms with Gasteiger partial charge < -0.3 is 24.7 Å². The van der Waals surface area contributed by atoms with Gasteiger partial charge >= 0.3 is 6.03 Å². The molecule has 4 rings (SSSR count). The Balaban J connectivity index is 1.21. The molecule has 7 nitrogen and oxygen atoms in total. The number of aromatic nitrogens is 2. The summed E-state index contributed by atoms with van der Waals surface area (Å²) in [5.41, 5.74) is 0.972. The Hall–Kier alpha value is -2.70. The summed E-state index contributed by atoms with van der Waals surface area (Å²) in [6.45, 7) is 2.01. The summed E-state index contributed by atoms with van der Waals surface area (Å²) in [7, 11) is 0. The van der Waals surface area contributed by atoms with Crippen molar-refractivity contribution in [3.8, 4) is 11.5 Å². The maximum atomic E-state index is 11.9. The number of urea groups is 1. The van der Waals surface area contributed by atoms with Crippen molar-refractivity contribution < 1.29 is 14.3 Å². The number of carbonyl (C=O) groups excluding carboxylic acids is 1. The van der Waals surface area contributed by atoms with Crippen molar-refractivity contribution in [2.45, 2.75) is 31.8 Å². The van der Waals surface area contributed by atoms with Crippen molar-refractivity contribution in [3.05, 3.63) is 42.0 Å². The van der Waals surface area contributed by atoms with Gasteiger partial charge in [-0.25, -0.2) is 9.78 Å². The van der Waals surface area contributed by atoms with Crippen LogP contribution in [0.1, 0.15) is 30.1 Å². The fraction of sp³-hybridized carbons (Fsp3) is 0.412. The van der Waals surface area contributed by atoms with Gasteiger partial charge in [-0.3, -0.25) is 0 Å². The van der Waals surface area contributed by atoms with E-state index in [9.17, 15) is 4.79 Å². The molecule has 1 fully saturated rings. The smallest absolute Gasteiger partial charge is 0.315 e. The van der Waals surface area contributed by atoms with Gasteiger partial charge in [-0.2, -0.15) is 0 Å². The minimum absolute atomic E-state index is 0.180. The summed E-state index contributed by atoms with van der Waals surface area (Å²) >= 11 is 0. The zero-order chi connectivity index (χ0) is 16.4. The molecule has 24 heavy (non-hydrogen) atoms. The lowest BCUT2D eigenvalue weighted by Gasteiger charge is -2.10. The van der Waals surface area contributed by atoms with Crippen LogP contribution in [0.25, 0.3) is 0 Å². The van der Waals surface area contributed by atoms with Gasteiger partial charge in [0, 0.05) is 37.9 Å². The molecule has 1 aliphatic carbocycles. The van der Waals surface area contributed by atoms with Crippen LogP contribution in [0.4, 0.5) is 4.79 Å². The number of fused-ring (bicyclic) bond motifs is 1. The summed E-state index contributed by atoms with van der Waals surface area (Å²) in [5, 5.41) is 5.72. The Morgan fingerprint density at radius 2 is 2.12 bits per heavy atom. The normalized spacial score (nSPS) is 15.3. The molecular weight excluding hydrogens is 308 g/mol. The SMILES string of the molecule is O=C(NCCn1ccnc1C1CC1)NCc1ccc2c(c1)OCO2. The molecule has 1 saturated carbocycles. The number of ether oxygens (including phenoxy) is 2. The Labute approximate surface area is 140 Å². The summed E-state index contributed by atoms with van der Waals surface area (Å²) < 4.78 is 12.7. The molecule has 1 aromatic heterocycles. The van der Waals surface area contributed by atoms with E-state index < -0.39 is 0 Å². The van der Waals surface area contributed by atoms with Gasteiger partial charge in [0.1, 0.15) is 5.82 Å². The zero-order valence-corrected chi connectivity index (χ0v) is 13.3. The Morgan fingerprint density at radius 1 is 1.25 bits per heavy atom. The summed E-state index contributed by atoms with van der Waals surface area (Å²) in [5.74, 6) is 3.22. The highest BCUT2D eigenvalue weighted by atomic mass is 16.7. The fourth-order valence-electron chi connectivity index (χ4n) is 2.80. The van der Waals surface area contributed by atoms with E-state index in [-0.39, 0.29) is 12.8 Å². The average Bonchev–Trinajstić information content (AvgIpc) is 3.14. The number of nitrogens with one attached hydrogen (secondary N) is 2. The van der Waals surface area contributed by atoms with Crippen molar-refractivity contribution in [3.63, 3.8) is 0 Å². The standard InChI is InChI=1S/C17H20N4O3/c22-17(19-6-8-21-7-5-18-16(21)13-2-3-13)20-10-12-1-4-14-15(9-12)24-11-23-14/h1,4-5,7,9,13H,2-3,6,8,10-11H2,(H2,19,20,22). The van der Waals surface area contributed by atoms with E-state index in [0.29, 0.717) is 19.0 Å². The molecule has 2 aliphatic rings. The molecule has 2 amide bonds. The molecule has 1 aromatic carbocycles. The average molecular weight is 328 g/mol. The maximum Gasteiger partial charge on any atom is 0.315 e. The number of benzene rings is 1. The number of hydrogen-bond donors (Lipinski definition) is 2. The molecule has 2 aromatic rings. The van der Waals surface area contributed by atoms with Gasteiger partial charge in [-0.05, 0) is 30.5 Å². The van der Waals surface area contributed by atoms with E-state index >= 15 is 0 Å². The Morgan fingerprint density at radius 3 is 3.00 bits per heavy atom. The fourth-order valence-corrected chi connectivity index (χ4v) is 2.80. The van der Waals surface area contributed by atoms with Gasteiger partial charge in [0.2, 0.25) is 6.79 Å².